The van der Waals surface area contributed by atoms with E-state index in [-0.39, 0.29) is 6.10 Å². The van der Waals surface area contributed by atoms with Crippen molar-refractivity contribution in [3.63, 3.8) is 0 Å². The van der Waals surface area contributed by atoms with Gasteiger partial charge >= 0.3 is 0 Å². The van der Waals surface area contributed by atoms with Crippen LogP contribution in [0.1, 0.15) is 36.7 Å². The number of imidazole rings is 1. The Bertz CT molecular complexity index is 983. The molecule has 1 fully saturated rings. The van der Waals surface area contributed by atoms with E-state index in [1.165, 1.54) is 16.5 Å². The van der Waals surface area contributed by atoms with Gasteiger partial charge in [-0.25, -0.2) is 9.97 Å². The molecule has 6 nitrogen and oxygen atoms in total. The molecule has 1 aliphatic heterocycles. The van der Waals surface area contributed by atoms with Crippen LogP contribution < -0.4 is 4.90 Å². The molecule has 1 N–H and O–H groups in total. The van der Waals surface area contributed by atoms with Crippen LogP contribution in [-0.4, -0.2) is 50.8 Å². The van der Waals surface area contributed by atoms with Crippen LogP contribution in [0.25, 0.3) is 10.9 Å². The summed E-state index contributed by atoms with van der Waals surface area (Å²) in [5, 5.41) is 11.4. The van der Waals surface area contributed by atoms with Gasteiger partial charge in [-0.15, -0.1) is 0 Å². The number of rotatable bonds is 6. The Kier molecular flexibility index (Phi) is 5.83. The molecular formula is C23H31N5O. The molecule has 154 valence electrons. The fourth-order valence-electron chi connectivity index (χ4n) is 4.23. The zero-order valence-electron chi connectivity index (χ0n) is 17.7. The van der Waals surface area contributed by atoms with E-state index in [9.17, 15) is 5.11 Å². The first kappa shape index (κ1) is 19.9. The molecule has 4 rings (SSSR count). The maximum Gasteiger partial charge on any atom is 0.133 e. The lowest BCUT2D eigenvalue weighted by Gasteiger charge is -2.33. The lowest BCUT2D eigenvalue weighted by molar-refractivity contribution is 0.153. The molecule has 0 radical (unpaired) electrons. The van der Waals surface area contributed by atoms with E-state index in [2.05, 4.69) is 64.5 Å². The van der Waals surface area contributed by atoms with Gasteiger partial charge in [0, 0.05) is 49.5 Å². The fourth-order valence-corrected chi connectivity index (χ4v) is 4.23. The highest BCUT2D eigenvalue weighted by atomic mass is 16.3. The lowest BCUT2D eigenvalue weighted by atomic mass is 10.1. The number of benzene rings is 1. The summed E-state index contributed by atoms with van der Waals surface area (Å²) in [6.07, 6.45) is 5.50. The monoisotopic (exact) mass is 393 g/mol. The van der Waals surface area contributed by atoms with E-state index < -0.39 is 0 Å². The Labute approximate surface area is 172 Å². The molecule has 0 bridgehead atoms. The number of aliphatic hydroxyl groups excluding tert-OH is 1. The maximum atomic E-state index is 10.2. The van der Waals surface area contributed by atoms with Crippen molar-refractivity contribution in [2.45, 2.75) is 52.4 Å². The molecule has 0 aliphatic carbocycles. The van der Waals surface area contributed by atoms with Crippen LogP contribution in [0.15, 0.2) is 36.7 Å². The summed E-state index contributed by atoms with van der Waals surface area (Å²) in [5.41, 5.74) is 3.46. The first-order chi connectivity index (χ1) is 14.0. The van der Waals surface area contributed by atoms with Gasteiger partial charge < -0.3 is 14.6 Å². The summed E-state index contributed by atoms with van der Waals surface area (Å²) >= 11 is 0. The molecular weight excluding hydrogens is 362 g/mol. The highest BCUT2D eigenvalue weighted by molar-refractivity contribution is 5.82. The zero-order valence-corrected chi connectivity index (χ0v) is 17.7. The van der Waals surface area contributed by atoms with Crippen molar-refractivity contribution in [3.05, 3.63) is 53.6 Å². The van der Waals surface area contributed by atoms with Crippen LogP contribution in [-0.2, 0) is 19.6 Å². The lowest BCUT2D eigenvalue weighted by Crippen LogP contribution is -2.39. The minimum Gasteiger partial charge on any atom is -0.391 e. The Morgan fingerprint density at radius 1 is 1.24 bits per heavy atom. The molecule has 0 unspecified atom stereocenters. The van der Waals surface area contributed by atoms with Gasteiger partial charge in [0.25, 0.3) is 0 Å². The van der Waals surface area contributed by atoms with E-state index >= 15 is 0 Å². The van der Waals surface area contributed by atoms with Crippen molar-refractivity contribution in [2.75, 3.05) is 25.0 Å². The average molecular weight is 394 g/mol. The van der Waals surface area contributed by atoms with Gasteiger partial charge in [-0.3, -0.25) is 4.90 Å². The van der Waals surface area contributed by atoms with Crippen molar-refractivity contribution < 1.29 is 5.11 Å². The van der Waals surface area contributed by atoms with Gasteiger partial charge in [0.05, 0.1) is 18.2 Å². The Balaban J connectivity index is 1.65. The first-order valence-corrected chi connectivity index (χ1v) is 10.6. The van der Waals surface area contributed by atoms with Crippen LogP contribution >= 0.6 is 0 Å². The van der Waals surface area contributed by atoms with Crippen molar-refractivity contribution >= 4 is 16.7 Å². The average Bonchev–Trinajstić information content (AvgIpc) is 3.14. The smallest absolute Gasteiger partial charge is 0.133 e. The van der Waals surface area contributed by atoms with Crippen LogP contribution in [0.2, 0.25) is 0 Å². The second-order valence-corrected chi connectivity index (χ2v) is 8.21. The third-order valence-electron chi connectivity index (χ3n) is 5.72. The quantitative estimate of drug-likeness (QED) is 0.696. The molecule has 1 aliphatic rings. The molecule has 29 heavy (non-hydrogen) atoms. The van der Waals surface area contributed by atoms with E-state index in [4.69, 9.17) is 4.98 Å². The molecule has 0 spiro atoms. The number of piperidine rings is 1. The number of anilines is 1. The predicted octanol–water partition coefficient (Wildman–Crippen LogP) is 3.35. The van der Waals surface area contributed by atoms with Crippen molar-refractivity contribution in [2.24, 2.45) is 0 Å². The molecule has 1 aromatic carbocycles. The Morgan fingerprint density at radius 2 is 2.10 bits per heavy atom. The van der Waals surface area contributed by atoms with Crippen LogP contribution in [0.4, 0.5) is 5.82 Å². The van der Waals surface area contributed by atoms with E-state index in [0.717, 1.165) is 56.2 Å². The number of aromatic nitrogens is 3. The number of nitrogens with zero attached hydrogens (tertiary/aromatic N) is 5. The molecule has 3 heterocycles. The molecule has 6 heteroatoms. The van der Waals surface area contributed by atoms with Crippen molar-refractivity contribution in [1.82, 2.24) is 19.4 Å². The van der Waals surface area contributed by atoms with Crippen LogP contribution in [0.5, 0.6) is 0 Å². The zero-order chi connectivity index (χ0) is 20.4. The highest BCUT2D eigenvalue weighted by Gasteiger charge is 2.22. The van der Waals surface area contributed by atoms with Gasteiger partial charge in [0.15, 0.2) is 0 Å². The summed E-state index contributed by atoms with van der Waals surface area (Å²) in [7, 11) is 2.13. The summed E-state index contributed by atoms with van der Waals surface area (Å²) < 4.78 is 2.18. The topological polar surface area (TPSA) is 57.4 Å². The number of β-amino-alcohol motifs (C(OH)–C–C–N with tert-alkyl or cyclic N) is 1. The number of hydrogen-bond acceptors (Lipinski definition) is 5. The third-order valence-corrected chi connectivity index (χ3v) is 5.72. The van der Waals surface area contributed by atoms with Crippen molar-refractivity contribution in [3.8, 4) is 0 Å². The summed E-state index contributed by atoms with van der Waals surface area (Å²) in [5.74, 6) is 2.08. The summed E-state index contributed by atoms with van der Waals surface area (Å²) in [6, 6.07) is 8.68. The number of hydrogen-bond donors (Lipinski definition) is 1. The molecule has 3 aromatic rings. The van der Waals surface area contributed by atoms with Crippen LogP contribution in [0.3, 0.4) is 0 Å². The highest BCUT2D eigenvalue weighted by Crippen LogP contribution is 2.28. The maximum absolute atomic E-state index is 10.2. The number of aliphatic hydroxyl groups is 1. The van der Waals surface area contributed by atoms with Crippen molar-refractivity contribution in [1.29, 1.82) is 0 Å². The number of fused-ring (bicyclic) bond motifs is 1. The summed E-state index contributed by atoms with van der Waals surface area (Å²) in [4.78, 5) is 14.1. The van der Waals surface area contributed by atoms with Gasteiger partial charge in [-0.05, 0) is 51.9 Å². The third kappa shape index (κ3) is 4.43. The van der Waals surface area contributed by atoms with Gasteiger partial charge in [0.2, 0.25) is 0 Å². The SMILES string of the molecule is CCn1ccnc1CN(C)Cc1cc2cc(C)ccc2nc1N1CCC[C@H](O)C1. The minimum absolute atomic E-state index is 0.276. The molecule has 1 atom stereocenters. The fraction of sp³-hybridized carbons (Fsp3) is 0.478. The van der Waals surface area contributed by atoms with Gasteiger partial charge in [-0.2, -0.15) is 0 Å². The second kappa shape index (κ2) is 8.51. The van der Waals surface area contributed by atoms with E-state index in [0.29, 0.717) is 6.54 Å². The number of pyridine rings is 1. The molecule has 1 saturated heterocycles. The Morgan fingerprint density at radius 3 is 2.90 bits per heavy atom. The molecule has 0 amide bonds. The van der Waals surface area contributed by atoms with Gasteiger partial charge in [0.1, 0.15) is 11.6 Å². The van der Waals surface area contributed by atoms with Crippen LogP contribution in [0, 0.1) is 6.92 Å². The largest absolute Gasteiger partial charge is 0.391 e. The van der Waals surface area contributed by atoms with E-state index in [1.807, 2.05) is 12.4 Å². The minimum atomic E-state index is -0.276. The summed E-state index contributed by atoms with van der Waals surface area (Å²) in [6.45, 7) is 8.35. The van der Waals surface area contributed by atoms with Gasteiger partial charge in [-0.1, -0.05) is 11.6 Å². The molecule has 2 aromatic heterocycles. The first-order valence-electron chi connectivity index (χ1n) is 10.6. The second-order valence-electron chi connectivity index (χ2n) is 8.21. The van der Waals surface area contributed by atoms with E-state index in [1.54, 1.807) is 0 Å². The standard InChI is InChI=1S/C23H31N5O/c1-4-27-11-9-24-22(27)16-26(3)14-19-13-18-12-17(2)7-8-21(18)25-23(19)28-10-5-6-20(29)15-28/h7-9,11-13,20,29H,4-6,10,14-16H2,1-3H3/t20-/m0/s1. The molecule has 0 saturated carbocycles. The predicted molar refractivity (Wildman–Crippen MR) is 117 cm³/mol. The normalized spacial score (nSPS) is 17.4. The number of aryl methyl sites for hydroxylation is 2. The Hall–Kier alpha value is -2.44.